The average Bonchev–Trinajstić information content (AvgIpc) is 2.74. The van der Waals surface area contributed by atoms with Crippen molar-refractivity contribution in [2.45, 2.75) is 0 Å². The molecule has 0 radical (unpaired) electrons. The third-order valence-corrected chi connectivity index (χ3v) is 4.04. The third kappa shape index (κ3) is 4.98. The van der Waals surface area contributed by atoms with Gasteiger partial charge in [0.05, 0.1) is 18.2 Å². The van der Waals surface area contributed by atoms with Crippen LogP contribution in [0.3, 0.4) is 0 Å². The Morgan fingerprint density at radius 2 is 1.38 bits per heavy atom. The highest BCUT2D eigenvalue weighted by atomic mass is 16.6. The van der Waals surface area contributed by atoms with E-state index in [4.69, 9.17) is 15.2 Å². The summed E-state index contributed by atoms with van der Waals surface area (Å²) in [7, 11) is 1.52. The number of hydrogen-bond acceptors (Lipinski definition) is 6. The number of ether oxygens (including phenoxy) is 2. The first kappa shape index (κ1) is 19.6. The Morgan fingerprint density at radius 3 is 1.97 bits per heavy atom. The van der Waals surface area contributed by atoms with E-state index in [1.54, 1.807) is 48.5 Å². The minimum Gasteiger partial charge on any atom is -0.497 e. The monoisotopic (exact) mass is 390 g/mol. The van der Waals surface area contributed by atoms with Crippen molar-refractivity contribution in [2.24, 2.45) is 0 Å². The fourth-order valence-electron chi connectivity index (χ4n) is 2.48. The molecule has 0 unspecified atom stereocenters. The van der Waals surface area contributed by atoms with E-state index in [1.807, 2.05) is 0 Å². The fourth-order valence-corrected chi connectivity index (χ4v) is 2.48. The number of nitrogens with one attached hydrogen (secondary N) is 1. The predicted octanol–water partition coefficient (Wildman–Crippen LogP) is 3.53. The maximum atomic E-state index is 12.3. The molecule has 0 saturated heterocycles. The van der Waals surface area contributed by atoms with Crippen molar-refractivity contribution in [3.05, 3.63) is 89.5 Å². The highest BCUT2D eigenvalue weighted by molar-refractivity contribution is 6.05. The van der Waals surface area contributed by atoms with Gasteiger partial charge in [0.15, 0.2) is 0 Å². The van der Waals surface area contributed by atoms with Crippen molar-refractivity contribution in [3.63, 3.8) is 0 Å². The minimum atomic E-state index is -0.794. The summed E-state index contributed by atoms with van der Waals surface area (Å²) in [5.74, 6) is -1.32. The standard InChI is InChI=1S/C22H18N2O5/c1-28-19-4-2-3-16(13-19)20(25)24-18-11-7-15(8-12-18)22(27)29-21(26)14-5-9-17(23)10-6-14/h2-13H,23H2,1H3,(H,24,25). The molecule has 0 fully saturated rings. The van der Waals surface area contributed by atoms with E-state index >= 15 is 0 Å². The molecule has 3 aromatic carbocycles. The van der Waals surface area contributed by atoms with Crippen LogP contribution in [0.25, 0.3) is 0 Å². The highest BCUT2D eigenvalue weighted by Gasteiger charge is 2.15. The van der Waals surface area contributed by atoms with Gasteiger partial charge in [-0.25, -0.2) is 9.59 Å². The van der Waals surface area contributed by atoms with Crippen molar-refractivity contribution >= 4 is 29.2 Å². The number of amides is 1. The summed E-state index contributed by atoms with van der Waals surface area (Å²) in [6, 6.07) is 18.8. The Bertz CT molecular complexity index is 1040. The van der Waals surface area contributed by atoms with Gasteiger partial charge in [0.2, 0.25) is 0 Å². The summed E-state index contributed by atoms with van der Waals surface area (Å²) >= 11 is 0. The average molecular weight is 390 g/mol. The highest BCUT2D eigenvalue weighted by Crippen LogP contribution is 2.16. The zero-order valence-corrected chi connectivity index (χ0v) is 15.5. The van der Waals surface area contributed by atoms with Gasteiger partial charge < -0.3 is 20.5 Å². The Balaban J connectivity index is 1.63. The van der Waals surface area contributed by atoms with Crippen molar-refractivity contribution in [3.8, 4) is 5.75 Å². The van der Waals surface area contributed by atoms with E-state index in [9.17, 15) is 14.4 Å². The van der Waals surface area contributed by atoms with Gasteiger partial charge in [-0.15, -0.1) is 0 Å². The van der Waals surface area contributed by atoms with E-state index in [0.717, 1.165) is 0 Å². The lowest BCUT2D eigenvalue weighted by atomic mass is 10.1. The SMILES string of the molecule is COc1cccc(C(=O)Nc2ccc(C(=O)OC(=O)c3ccc(N)cc3)cc2)c1. The van der Waals surface area contributed by atoms with Gasteiger partial charge >= 0.3 is 11.9 Å². The zero-order valence-electron chi connectivity index (χ0n) is 15.5. The maximum absolute atomic E-state index is 12.3. The normalized spacial score (nSPS) is 10.1. The van der Waals surface area contributed by atoms with E-state index < -0.39 is 11.9 Å². The van der Waals surface area contributed by atoms with Crippen LogP contribution in [0.1, 0.15) is 31.1 Å². The van der Waals surface area contributed by atoms with Crippen LogP contribution in [0.4, 0.5) is 11.4 Å². The van der Waals surface area contributed by atoms with Crippen LogP contribution in [-0.2, 0) is 4.74 Å². The second-order valence-corrected chi connectivity index (χ2v) is 6.06. The van der Waals surface area contributed by atoms with Gasteiger partial charge in [-0.05, 0) is 66.7 Å². The van der Waals surface area contributed by atoms with E-state index in [-0.39, 0.29) is 17.0 Å². The molecule has 0 atom stereocenters. The number of hydrogen-bond donors (Lipinski definition) is 2. The summed E-state index contributed by atoms with van der Waals surface area (Å²) in [5, 5.41) is 2.72. The van der Waals surface area contributed by atoms with Crippen LogP contribution in [-0.4, -0.2) is 25.0 Å². The van der Waals surface area contributed by atoms with Crippen LogP contribution in [0.2, 0.25) is 0 Å². The minimum absolute atomic E-state index is 0.174. The molecule has 3 rings (SSSR count). The number of carbonyl (C=O) groups is 3. The first-order valence-corrected chi connectivity index (χ1v) is 8.64. The number of methoxy groups -OCH3 is 1. The lowest BCUT2D eigenvalue weighted by Gasteiger charge is -2.08. The molecule has 3 N–H and O–H groups in total. The summed E-state index contributed by atoms with van der Waals surface area (Å²) in [5.41, 5.74) is 7.37. The molecule has 0 bridgehead atoms. The lowest BCUT2D eigenvalue weighted by Crippen LogP contribution is -2.14. The van der Waals surface area contributed by atoms with Crippen LogP contribution < -0.4 is 15.8 Å². The molecule has 0 heterocycles. The fraction of sp³-hybridized carbons (Fsp3) is 0.0455. The van der Waals surface area contributed by atoms with E-state index in [1.165, 1.54) is 31.4 Å². The molecule has 7 heteroatoms. The number of nitrogens with two attached hydrogens (primary N) is 1. The Hall–Kier alpha value is -4.13. The van der Waals surface area contributed by atoms with Gasteiger partial charge in [-0.2, -0.15) is 0 Å². The number of anilines is 2. The summed E-state index contributed by atoms with van der Waals surface area (Å²) in [4.78, 5) is 36.5. The molecule has 1 amide bonds. The third-order valence-electron chi connectivity index (χ3n) is 4.04. The molecule has 7 nitrogen and oxygen atoms in total. The number of benzene rings is 3. The summed E-state index contributed by atoms with van der Waals surface area (Å²) < 4.78 is 9.96. The molecule has 0 spiro atoms. The molecular weight excluding hydrogens is 372 g/mol. The van der Waals surface area contributed by atoms with Gasteiger partial charge in [-0.3, -0.25) is 4.79 Å². The van der Waals surface area contributed by atoms with Crippen LogP contribution in [0.5, 0.6) is 5.75 Å². The number of rotatable bonds is 5. The lowest BCUT2D eigenvalue weighted by molar-refractivity contribution is 0.0397. The topological polar surface area (TPSA) is 108 Å². The number of nitrogen functional groups attached to an aromatic ring is 1. The van der Waals surface area contributed by atoms with Crippen molar-refractivity contribution < 1.29 is 23.9 Å². The van der Waals surface area contributed by atoms with Gasteiger partial charge in [0, 0.05) is 16.9 Å². The molecular formula is C22H18N2O5. The van der Waals surface area contributed by atoms with E-state index in [0.29, 0.717) is 22.7 Å². The van der Waals surface area contributed by atoms with Crippen LogP contribution in [0, 0.1) is 0 Å². The molecule has 0 aliphatic heterocycles. The molecule has 29 heavy (non-hydrogen) atoms. The van der Waals surface area contributed by atoms with Crippen LogP contribution in [0.15, 0.2) is 72.8 Å². The smallest absolute Gasteiger partial charge is 0.346 e. The summed E-state index contributed by atoms with van der Waals surface area (Å²) in [6.45, 7) is 0. The second kappa shape index (κ2) is 8.71. The van der Waals surface area contributed by atoms with Gasteiger partial charge in [0.1, 0.15) is 5.75 Å². The second-order valence-electron chi connectivity index (χ2n) is 6.06. The molecule has 0 saturated carbocycles. The molecule has 0 aromatic heterocycles. The summed E-state index contributed by atoms with van der Waals surface area (Å²) in [6.07, 6.45) is 0. The maximum Gasteiger partial charge on any atom is 0.346 e. The Morgan fingerprint density at radius 1 is 0.793 bits per heavy atom. The molecule has 3 aromatic rings. The van der Waals surface area contributed by atoms with Gasteiger partial charge in [0.25, 0.3) is 5.91 Å². The molecule has 0 aliphatic carbocycles. The van der Waals surface area contributed by atoms with E-state index in [2.05, 4.69) is 5.32 Å². The number of esters is 2. The van der Waals surface area contributed by atoms with Crippen molar-refractivity contribution in [1.29, 1.82) is 0 Å². The van der Waals surface area contributed by atoms with Crippen molar-refractivity contribution in [1.82, 2.24) is 0 Å². The Kier molecular flexibility index (Phi) is 5.89. The predicted molar refractivity (Wildman–Crippen MR) is 108 cm³/mol. The van der Waals surface area contributed by atoms with Crippen LogP contribution >= 0.6 is 0 Å². The quantitative estimate of drug-likeness (QED) is 0.392. The number of carbonyl (C=O) groups excluding carboxylic acids is 3. The first-order valence-electron chi connectivity index (χ1n) is 8.64. The molecule has 146 valence electrons. The zero-order chi connectivity index (χ0) is 20.8. The van der Waals surface area contributed by atoms with Crippen molar-refractivity contribution in [2.75, 3.05) is 18.2 Å². The van der Waals surface area contributed by atoms with Gasteiger partial charge in [-0.1, -0.05) is 6.07 Å². The first-order chi connectivity index (χ1) is 14.0. The molecule has 0 aliphatic rings. The largest absolute Gasteiger partial charge is 0.497 e. The Labute approximate surface area is 167 Å².